The standard InChI is InChI=1S/C17H12BrClFN5O/c18-11-9-23-17(24-16(11)19)13(21)7-15(14-5-6-26-25-14)22-8-10-3-1-2-4-12(10)20/h1-7,9H,8,21H2/p+1. The topological polar surface area (TPSA) is 91.4 Å². The number of rotatable bonds is 5. The molecular formula is C17H13BrClFN5O+. The first-order valence-electron chi connectivity index (χ1n) is 7.44. The molecule has 0 fully saturated rings. The molecule has 6 nitrogen and oxygen atoms in total. The molecule has 0 amide bonds. The fraction of sp³-hybridized carbons (Fsp3) is 0.0588. The van der Waals surface area contributed by atoms with Crippen LogP contribution >= 0.6 is 27.5 Å². The molecule has 26 heavy (non-hydrogen) atoms. The lowest BCUT2D eigenvalue weighted by Gasteiger charge is -2.02. The molecular weight excluding hydrogens is 425 g/mol. The largest absolute Gasteiger partial charge is 0.392 e. The minimum Gasteiger partial charge on any atom is -0.392 e. The molecule has 3 rings (SSSR count). The van der Waals surface area contributed by atoms with Crippen molar-refractivity contribution in [2.75, 3.05) is 0 Å². The summed E-state index contributed by atoms with van der Waals surface area (Å²) in [5.41, 5.74) is 7.73. The molecule has 0 aliphatic heterocycles. The monoisotopic (exact) mass is 436 g/mol. The van der Waals surface area contributed by atoms with Gasteiger partial charge in [0.25, 0.3) is 5.15 Å². The molecule has 0 atom stereocenters. The Labute approximate surface area is 161 Å². The van der Waals surface area contributed by atoms with Crippen molar-refractivity contribution in [3.8, 4) is 0 Å². The Morgan fingerprint density at radius 2 is 2.19 bits per heavy atom. The minimum atomic E-state index is -0.331. The number of aromatic amines is 1. The van der Waals surface area contributed by atoms with Crippen LogP contribution in [0.15, 0.2) is 62.9 Å². The van der Waals surface area contributed by atoms with E-state index in [0.29, 0.717) is 27.3 Å². The van der Waals surface area contributed by atoms with Crippen molar-refractivity contribution in [1.82, 2.24) is 10.1 Å². The molecule has 3 N–H and O–H groups in total. The van der Waals surface area contributed by atoms with E-state index in [1.807, 2.05) is 0 Å². The lowest BCUT2D eigenvalue weighted by Crippen LogP contribution is -2.18. The minimum absolute atomic E-state index is 0.122. The van der Waals surface area contributed by atoms with Gasteiger partial charge in [0.2, 0.25) is 0 Å². The van der Waals surface area contributed by atoms with Gasteiger partial charge in [-0.05, 0) is 44.7 Å². The van der Waals surface area contributed by atoms with Gasteiger partial charge in [0.1, 0.15) is 34.1 Å². The highest BCUT2D eigenvalue weighted by atomic mass is 79.9. The second kappa shape index (κ2) is 8.20. The Morgan fingerprint density at radius 1 is 1.38 bits per heavy atom. The van der Waals surface area contributed by atoms with Crippen molar-refractivity contribution < 1.29 is 13.9 Å². The number of nitrogens with two attached hydrogens (primary N) is 1. The molecule has 0 radical (unpaired) electrons. The van der Waals surface area contributed by atoms with E-state index in [0.717, 1.165) is 0 Å². The van der Waals surface area contributed by atoms with Crippen LogP contribution < -0.4 is 10.7 Å². The lowest BCUT2D eigenvalue weighted by atomic mass is 10.2. The molecule has 132 valence electrons. The van der Waals surface area contributed by atoms with Crippen LogP contribution in [0.5, 0.6) is 0 Å². The van der Waals surface area contributed by atoms with Gasteiger partial charge in [-0.15, -0.1) is 0 Å². The molecule has 0 aliphatic carbocycles. The quantitative estimate of drug-likeness (QED) is 0.489. The fourth-order valence-corrected chi connectivity index (χ4v) is 2.42. The van der Waals surface area contributed by atoms with Crippen LogP contribution in [0.4, 0.5) is 4.39 Å². The van der Waals surface area contributed by atoms with Crippen LogP contribution in [-0.4, -0.2) is 15.9 Å². The smallest absolute Gasteiger partial charge is 0.345 e. The van der Waals surface area contributed by atoms with Gasteiger partial charge < -0.3 is 10.3 Å². The summed E-state index contributed by atoms with van der Waals surface area (Å²) >= 11 is 9.24. The Bertz CT molecular complexity index is 975. The highest BCUT2D eigenvalue weighted by Gasteiger charge is 2.16. The summed E-state index contributed by atoms with van der Waals surface area (Å²) in [5, 5.41) is 4.13. The van der Waals surface area contributed by atoms with Crippen LogP contribution in [-0.2, 0) is 6.54 Å². The molecule has 2 aromatic heterocycles. The molecule has 1 aromatic carbocycles. The number of hydrogen-bond donors (Lipinski definition) is 1. The van der Waals surface area contributed by atoms with Crippen LogP contribution in [0, 0.1) is 5.82 Å². The van der Waals surface area contributed by atoms with Crippen molar-refractivity contribution in [2.45, 2.75) is 6.54 Å². The number of nitrogens with zero attached hydrogens (tertiary/aromatic N) is 3. The first-order valence-corrected chi connectivity index (χ1v) is 8.61. The summed E-state index contributed by atoms with van der Waals surface area (Å²) in [6.07, 6.45) is 4.61. The average Bonchev–Trinajstić information content (AvgIpc) is 3.16. The predicted octanol–water partition coefficient (Wildman–Crippen LogP) is 3.43. The van der Waals surface area contributed by atoms with E-state index >= 15 is 0 Å². The van der Waals surface area contributed by atoms with Crippen molar-refractivity contribution in [1.29, 1.82) is 0 Å². The number of aromatic nitrogens is 3. The van der Waals surface area contributed by atoms with Gasteiger partial charge in [-0.2, -0.15) is 0 Å². The molecule has 9 heteroatoms. The van der Waals surface area contributed by atoms with Gasteiger partial charge >= 0.3 is 5.82 Å². The predicted molar refractivity (Wildman–Crippen MR) is 98.8 cm³/mol. The Balaban J connectivity index is 1.95. The zero-order valence-corrected chi connectivity index (χ0v) is 15.6. The van der Waals surface area contributed by atoms with Crippen LogP contribution in [0.3, 0.4) is 0 Å². The van der Waals surface area contributed by atoms with Crippen LogP contribution in [0.25, 0.3) is 5.70 Å². The molecule has 0 spiro atoms. The van der Waals surface area contributed by atoms with E-state index in [2.05, 4.69) is 36.0 Å². The highest BCUT2D eigenvalue weighted by Crippen LogP contribution is 2.18. The first-order chi connectivity index (χ1) is 12.5. The molecule has 3 aromatic rings. The molecule has 0 saturated heterocycles. The summed E-state index contributed by atoms with van der Waals surface area (Å²) in [6, 6.07) is 8.05. The van der Waals surface area contributed by atoms with Crippen molar-refractivity contribution in [3.05, 3.63) is 81.4 Å². The summed E-state index contributed by atoms with van der Waals surface area (Å²) in [5.74, 6) is 0.0303. The Hall–Kier alpha value is -2.58. The lowest BCUT2D eigenvalue weighted by molar-refractivity contribution is -0.387. The van der Waals surface area contributed by atoms with E-state index in [9.17, 15) is 4.39 Å². The normalized spacial score (nSPS) is 12.4. The van der Waals surface area contributed by atoms with E-state index in [1.54, 1.807) is 36.5 Å². The van der Waals surface area contributed by atoms with Gasteiger partial charge in [0.15, 0.2) is 0 Å². The summed E-state index contributed by atoms with van der Waals surface area (Å²) in [7, 11) is 0. The zero-order chi connectivity index (χ0) is 18.5. The zero-order valence-electron chi connectivity index (χ0n) is 13.3. The molecule has 2 heterocycles. The summed E-state index contributed by atoms with van der Waals surface area (Å²) in [4.78, 5) is 11.5. The number of hydrogen-bond acceptors (Lipinski definition) is 5. The fourth-order valence-electron chi connectivity index (χ4n) is 2.08. The SMILES string of the molecule is NC(=CC(=NCc1ccccc1F)c1ccon1)c1nc(Cl)c(Br)c[nH+]1. The average molecular weight is 438 g/mol. The third kappa shape index (κ3) is 4.33. The number of nitrogens with one attached hydrogen (secondary N) is 1. The number of allylic oxidation sites excluding steroid dienone is 1. The van der Waals surface area contributed by atoms with E-state index in [1.165, 1.54) is 12.3 Å². The van der Waals surface area contributed by atoms with Gasteiger partial charge in [-0.3, -0.25) is 4.99 Å². The second-order valence-electron chi connectivity index (χ2n) is 5.17. The van der Waals surface area contributed by atoms with Gasteiger partial charge in [0, 0.05) is 11.6 Å². The third-order valence-electron chi connectivity index (χ3n) is 3.39. The molecule has 0 unspecified atom stereocenters. The summed E-state index contributed by atoms with van der Waals surface area (Å²) in [6.45, 7) is 0.122. The maximum atomic E-state index is 13.8. The van der Waals surface area contributed by atoms with Crippen LogP contribution in [0.1, 0.15) is 17.1 Å². The van der Waals surface area contributed by atoms with Crippen molar-refractivity contribution >= 4 is 38.9 Å². The first kappa shape index (κ1) is 18.2. The molecule has 0 aliphatic rings. The maximum Gasteiger partial charge on any atom is 0.345 e. The second-order valence-corrected chi connectivity index (χ2v) is 6.38. The van der Waals surface area contributed by atoms with Crippen molar-refractivity contribution in [3.63, 3.8) is 0 Å². The number of H-pyrrole nitrogens is 1. The Morgan fingerprint density at radius 3 is 2.88 bits per heavy atom. The van der Waals surface area contributed by atoms with Crippen molar-refractivity contribution in [2.24, 2.45) is 10.7 Å². The van der Waals surface area contributed by atoms with Gasteiger partial charge in [0.05, 0.1) is 12.3 Å². The highest BCUT2D eigenvalue weighted by molar-refractivity contribution is 9.10. The molecule has 0 saturated carbocycles. The number of aliphatic imine (C=N–C) groups is 1. The molecule has 0 bridgehead atoms. The van der Waals surface area contributed by atoms with Crippen LogP contribution in [0.2, 0.25) is 5.15 Å². The third-order valence-corrected chi connectivity index (χ3v) is 4.51. The number of benzene rings is 1. The van der Waals surface area contributed by atoms with E-state index < -0.39 is 0 Å². The maximum absolute atomic E-state index is 13.8. The summed E-state index contributed by atoms with van der Waals surface area (Å²) < 4.78 is 19.3. The van der Waals surface area contributed by atoms with E-state index in [-0.39, 0.29) is 23.2 Å². The van der Waals surface area contributed by atoms with Gasteiger partial charge in [-0.25, -0.2) is 9.37 Å². The Kier molecular flexibility index (Phi) is 5.75. The van der Waals surface area contributed by atoms with E-state index in [4.69, 9.17) is 21.9 Å². The van der Waals surface area contributed by atoms with Gasteiger partial charge in [-0.1, -0.05) is 23.4 Å². The number of halogens is 3.